The summed E-state index contributed by atoms with van der Waals surface area (Å²) >= 11 is 1.71. The Hall–Kier alpha value is -4.15. The molecule has 1 aliphatic heterocycles. The molecule has 0 unspecified atom stereocenters. The maximum absolute atomic E-state index is 6.20. The van der Waals surface area contributed by atoms with Gasteiger partial charge in [0.25, 0.3) is 0 Å². The van der Waals surface area contributed by atoms with Crippen LogP contribution in [0.25, 0.3) is 55.3 Å². The predicted octanol–water partition coefficient (Wildman–Crippen LogP) is 5.13. The van der Waals surface area contributed by atoms with E-state index < -0.39 is 0 Å². The number of imidazole rings is 1. The smallest absolute Gasteiger partial charge is 0.159 e. The summed E-state index contributed by atoms with van der Waals surface area (Å²) in [5.41, 5.74) is 5.90. The molecule has 7 rings (SSSR count). The maximum atomic E-state index is 6.20. The van der Waals surface area contributed by atoms with Crippen molar-refractivity contribution in [2.75, 3.05) is 13.1 Å². The van der Waals surface area contributed by atoms with Crippen molar-refractivity contribution in [3.8, 4) is 39.0 Å². The number of ether oxygens (including phenoxy) is 1. The second-order valence-corrected chi connectivity index (χ2v) is 10.5. The van der Waals surface area contributed by atoms with Crippen LogP contribution >= 0.6 is 11.3 Å². The zero-order valence-electron chi connectivity index (χ0n) is 20.2. The van der Waals surface area contributed by atoms with Gasteiger partial charge in [0.2, 0.25) is 0 Å². The van der Waals surface area contributed by atoms with Crippen LogP contribution in [0.4, 0.5) is 0 Å². The molecule has 0 spiro atoms. The van der Waals surface area contributed by atoms with Crippen LogP contribution in [0.5, 0.6) is 5.75 Å². The Kier molecular flexibility index (Phi) is 5.40. The van der Waals surface area contributed by atoms with Gasteiger partial charge in [-0.15, -0.1) is 11.3 Å². The largest absolute Gasteiger partial charge is 0.489 e. The molecular formula is C27H24N8OS. The minimum Gasteiger partial charge on any atom is -0.489 e. The topological polar surface area (TPSA) is 117 Å². The lowest BCUT2D eigenvalue weighted by atomic mass is 10.1. The number of H-pyrrole nitrogens is 2. The van der Waals surface area contributed by atoms with Crippen molar-refractivity contribution in [1.29, 1.82) is 0 Å². The second kappa shape index (κ2) is 9.06. The van der Waals surface area contributed by atoms with Crippen molar-refractivity contribution in [3.05, 3.63) is 60.0 Å². The molecule has 6 aromatic rings. The number of thiophene rings is 1. The molecular weight excluding hydrogens is 484 g/mol. The molecule has 1 fully saturated rings. The molecule has 9 nitrogen and oxygen atoms in total. The number of hydrogen-bond acceptors (Lipinski definition) is 8. The maximum Gasteiger partial charge on any atom is 0.159 e. The average molecular weight is 509 g/mol. The van der Waals surface area contributed by atoms with Gasteiger partial charge in [-0.05, 0) is 63.2 Å². The molecule has 0 aromatic carbocycles. The van der Waals surface area contributed by atoms with Gasteiger partial charge in [0.05, 0.1) is 22.0 Å². The summed E-state index contributed by atoms with van der Waals surface area (Å²) in [6.07, 6.45) is 9.45. The lowest BCUT2D eigenvalue weighted by Gasteiger charge is -2.23. The van der Waals surface area contributed by atoms with Crippen LogP contribution in [0.1, 0.15) is 17.7 Å². The fourth-order valence-corrected chi connectivity index (χ4v) is 5.64. The van der Waals surface area contributed by atoms with Gasteiger partial charge in [-0.3, -0.25) is 15.1 Å². The minimum absolute atomic E-state index is 0.213. The van der Waals surface area contributed by atoms with Crippen molar-refractivity contribution in [3.63, 3.8) is 0 Å². The van der Waals surface area contributed by atoms with Gasteiger partial charge in [0.1, 0.15) is 28.8 Å². The van der Waals surface area contributed by atoms with Gasteiger partial charge in [-0.1, -0.05) is 0 Å². The monoisotopic (exact) mass is 508 g/mol. The number of aryl methyl sites for hydroxylation is 1. The van der Waals surface area contributed by atoms with E-state index in [1.807, 2.05) is 30.7 Å². The van der Waals surface area contributed by atoms with Gasteiger partial charge < -0.3 is 15.0 Å². The molecule has 6 aromatic heterocycles. The van der Waals surface area contributed by atoms with Crippen LogP contribution in [-0.2, 0) is 0 Å². The summed E-state index contributed by atoms with van der Waals surface area (Å²) in [6.45, 7) is 4.05. The Morgan fingerprint density at radius 1 is 0.973 bits per heavy atom. The number of hydrogen-bond donors (Lipinski definition) is 3. The molecule has 0 amide bonds. The van der Waals surface area contributed by atoms with E-state index in [1.54, 1.807) is 17.5 Å². The lowest BCUT2D eigenvalue weighted by Crippen LogP contribution is -2.34. The van der Waals surface area contributed by atoms with Crippen LogP contribution in [0, 0.1) is 6.92 Å². The highest BCUT2D eigenvalue weighted by Crippen LogP contribution is 2.34. The van der Waals surface area contributed by atoms with Crippen LogP contribution in [-0.4, -0.2) is 54.3 Å². The summed E-state index contributed by atoms with van der Waals surface area (Å²) in [5, 5.41) is 11.8. The van der Waals surface area contributed by atoms with E-state index in [2.05, 4.69) is 60.6 Å². The van der Waals surface area contributed by atoms with Crippen molar-refractivity contribution >= 4 is 33.4 Å². The summed E-state index contributed by atoms with van der Waals surface area (Å²) in [5.74, 6) is 1.45. The van der Waals surface area contributed by atoms with E-state index in [1.165, 1.54) is 4.88 Å². The van der Waals surface area contributed by atoms with E-state index in [0.717, 1.165) is 69.8 Å². The zero-order chi connectivity index (χ0) is 24.8. The standard InChI is InChI=1S/C27H24N8OS/c1-15-2-3-22(37-15)25-24-21(6-9-30-25)32-27(33-24)23-20-11-17(13-31-26(20)35-34-23)16-10-19(14-29-12-16)36-18-4-7-28-8-5-18/h2-3,6,9-14,18,28H,4-5,7-8H2,1H3,(H,32,33)(H,31,34,35). The van der Waals surface area contributed by atoms with Crippen LogP contribution < -0.4 is 10.1 Å². The van der Waals surface area contributed by atoms with E-state index in [9.17, 15) is 0 Å². The van der Waals surface area contributed by atoms with Crippen molar-refractivity contribution in [2.45, 2.75) is 25.9 Å². The van der Waals surface area contributed by atoms with Crippen LogP contribution in [0.2, 0.25) is 0 Å². The summed E-state index contributed by atoms with van der Waals surface area (Å²) in [6, 6.07) is 10.2. The van der Waals surface area contributed by atoms with Crippen molar-refractivity contribution in [2.24, 2.45) is 0 Å². The number of aromatic nitrogens is 7. The minimum atomic E-state index is 0.213. The number of aromatic amines is 2. The normalized spacial score (nSPS) is 14.5. The van der Waals surface area contributed by atoms with E-state index in [0.29, 0.717) is 17.2 Å². The molecule has 0 bridgehead atoms. The Labute approximate surface area is 216 Å². The van der Waals surface area contributed by atoms with Gasteiger partial charge >= 0.3 is 0 Å². The van der Waals surface area contributed by atoms with Gasteiger partial charge in [0, 0.05) is 34.6 Å². The highest BCUT2D eigenvalue weighted by atomic mass is 32.1. The molecule has 184 valence electrons. The Bertz CT molecular complexity index is 1730. The third-order valence-corrected chi connectivity index (χ3v) is 7.66. The molecule has 0 radical (unpaired) electrons. The molecule has 1 aliphatic rings. The van der Waals surface area contributed by atoms with E-state index in [4.69, 9.17) is 9.72 Å². The van der Waals surface area contributed by atoms with Crippen LogP contribution in [0.3, 0.4) is 0 Å². The number of fused-ring (bicyclic) bond motifs is 2. The highest BCUT2D eigenvalue weighted by molar-refractivity contribution is 7.15. The number of piperidine rings is 1. The molecule has 37 heavy (non-hydrogen) atoms. The number of nitrogens with one attached hydrogen (secondary N) is 3. The zero-order valence-corrected chi connectivity index (χ0v) is 21.0. The Morgan fingerprint density at radius 2 is 1.86 bits per heavy atom. The molecule has 0 saturated carbocycles. The van der Waals surface area contributed by atoms with Gasteiger partial charge in [0.15, 0.2) is 11.5 Å². The summed E-state index contributed by atoms with van der Waals surface area (Å²) < 4.78 is 6.20. The number of nitrogens with zero attached hydrogens (tertiary/aromatic N) is 5. The molecule has 0 atom stereocenters. The fraction of sp³-hybridized carbons (Fsp3) is 0.222. The van der Waals surface area contributed by atoms with Crippen molar-refractivity contribution in [1.82, 2.24) is 40.4 Å². The highest BCUT2D eigenvalue weighted by Gasteiger charge is 2.18. The second-order valence-electron chi connectivity index (χ2n) is 9.22. The first-order chi connectivity index (χ1) is 18.2. The Morgan fingerprint density at radius 3 is 2.73 bits per heavy atom. The molecule has 10 heteroatoms. The van der Waals surface area contributed by atoms with E-state index >= 15 is 0 Å². The SMILES string of the molecule is Cc1ccc(-c2nccc3[nH]c(-c4n[nH]c5ncc(-c6cncc(OC7CCNCC7)c6)cc45)nc23)s1. The van der Waals surface area contributed by atoms with Crippen molar-refractivity contribution < 1.29 is 4.74 Å². The summed E-state index contributed by atoms with van der Waals surface area (Å²) in [7, 11) is 0. The molecule has 1 saturated heterocycles. The Balaban J connectivity index is 1.26. The number of rotatable bonds is 5. The van der Waals surface area contributed by atoms with Gasteiger partial charge in [-0.25, -0.2) is 9.97 Å². The summed E-state index contributed by atoms with van der Waals surface area (Å²) in [4.78, 5) is 24.3. The molecule has 0 aliphatic carbocycles. The number of pyridine rings is 3. The fourth-order valence-electron chi connectivity index (χ4n) is 4.78. The first kappa shape index (κ1) is 22.1. The quantitative estimate of drug-likeness (QED) is 0.296. The lowest BCUT2D eigenvalue weighted by molar-refractivity contribution is 0.162. The first-order valence-electron chi connectivity index (χ1n) is 12.3. The third-order valence-electron chi connectivity index (χ3n) is 6.65. The van der Waals surface area contributed by atoms with E-state index in [-0.39, 0.29) is 6.10 Å². The average Bonchev–Trinajstić information content (AvgIpc) is 3.66. The molecule has 3 N–H and O–H groups in total. The third kappa shape index (κ3) is 4.13. The first-order valence-corrected chi connectivity index (χ1v) is 13.1. The predicted molar refractivity (Wildman–Crippen MR) is 145 cm³/mol. The molecule has 7 heterocycles. The van der Waals surface area contributed by atoms with Gasteiger partial charge in [-0.2, -0.15) is 5.10 Å². The van der Waals surface area contributed by atoms with Crippen LogP contribution in [0.15, 0.2) is 55.1 Å².